The molecule has 1 aliphatic heterocycles. The number of aliphatic hydroxyl groups is 1. The Balaban J connectivity index is 1.61. The van der Waals surface area contributed by atoms with Gasteiger partial charge in [0.1, 0.15) is 5.82 Å². The lowest BCUT2D eigenvalue weighted by molar-refractivity contribution is 0.100. The van der Waals surface area contributed by atoms with Crippen LogP contribution < -0.4 is 0 Å². The minimum absolute atomic E-state index is 0.274. The van der Waals surface area contributed by atoms with E-state index in [4.69, 9.17) is 0 Å². The molecule has 3 rings (SSSR count). The van der Waals surface area contributed by atoms with Crippen molar-refractivity contribution in [1.29, 1.82) is 0 Å². The number of likely N-dealkylation sites (tertiary alicyclic amines) is 1. The summed E-state index contributed by atoms with van der Waals surface area (Å²) in [6, 6.07) is 6.50. The van der Waals surface area contributed by atoms with Crippen LogP contribution in [0.25, 0.3) is 0 Å². The van der Waals surface area contributed by atoms with Crippen molar-refractivity contribution in [3.63, 3.8) is 0 Å². The zero-order valence-corrected chi connectivity index (χ0v) is 12.8. The van der Waals surface area contributed by atoms with Crippen LogP contribution in [-0.4, -0.2) is 38.9 Å². The fourth-order valence-corrected chi connectivity index (χ4v) is 3.14. The van der Waals surface area contributed by atoms with Crippen LogP contribution in [0.1, 0.15) is 30.1 Å². The molecule has 1 aliphatic rings. The minimum atomic E-state index is -0.583. The zero-order chi connectivity index (χ0) is 15.5. The number of β-amino-alcohol motifs (C(OH)–C–C–N with tert-alkyl or cyclic N) is 1. The van der Waals surface area contributed by atoms with Gasteiger partial charge in [0.2, 0.25) is 0 Å². The first kappa shape index (κ1) is 15.2. The molecule has 1 aromatic carbocycles. The molecule has 5 heteroatoms. The Hall–Kier alpha value is -1.72. The maximum absolute atomic E-state index is 13.0. The molecule has 2 heterocycles. The predicted octanol–water partition coefficient (Wildman–Crippen LogP) is 2.53. The van der Waals surface area contributed by atoms with E-state index >= 15 is 0 Å². The van der Waals surface area contributed by atoms with E-state index in [-0.39, 0.29) is 5.82 Å². The molecule has 1 saturated heterocycles. The third kappa shape index (κ3) is 3.54. The number of nitrogens with zero attached hydrogens (tertiary/aromatic N) is 3. The van der Waals surface area contributed by atoms with Gasteiger partial charge in [-0.25, -0.2) is 4.39 Å². The van der Waals surface area contributed by atoms with Gasteiger partial charge in [0, 0.05) is 18.8 Å². The Bertz CT molecular complexity index is 611. The van der Waals surface area contributed by atoms with Gasteiger partial charge in [-0.2, -0.15) is 5.10 Å². The van der Waals surface area contributed by atoms with Gasteiger partial charge in [0.15, 0.2) is 0 Å². The minimum Gasteiger partial charge on any atom is -0.387 e. The smallest absolute Gasteiger partial charge is 0.123 e. The number of hydrogen-bond acceptors (Lipinski definition) is 3. The lowest BCUT2D eigenvalue weighted by atomic mass is 10.1. The molecule has 1 N–H and O–H groups in total. The van der Waals surface area contributed by atoms with Crippen LogP contribution >= 0.6 is 0 Å². The summed E-state index contributed by atoms with van der Waals surface area (Å²) in [4.78, 5) is 2.31. The maximum Gasteiger partial charge on any atom is 0.123 e. The number of hydrogen-bond donors (Lipinski definition) is 1. The topological polar surface area (TPSA) is 41.3 Å². The SMILES string of the molecule is Cc1cnn(CC2CCCN2CC(O)c2ccc(F)cc2)c1. The molecule has 22 heavy (non-hydrogen) atoms. The Morgan fingerprint density at radius 3 is 2.82 bits per heavy atom. The molecule has 1 aromatic heterocycles. The fraction of sp³-hybridized carbons (Fsp3) is 0.471. The standard InChI is InChI=1S/C17H22FN3O/c1-13-9-19-21(10-13)11-16-3-2-8-20(16)12-17(22)14-4-6-15(18)7-5-14/h4-7,9-10,16-17,22H,2-3,8,11-12H2,1H3. The van der Waals surface area contributed by atoms with E-state index in [1.807, 2.05) is 24.0 Å². The first-order valence-corrected chi connectivity index (χ1v) is 7.78. The first-order chi connectivity index (χ1) is 10.6. The quantitative estimate of drug-likeness (QED) is 0.923. The summed E-state index contributed by atoms with van der Waals surface area (Å²) in [5.41, 5.74) is 1.93. The second-order valence-corrected chi connectivity index (χ2v) is 6.10. The van der Waals surface area contributed by atoms with Gasteiger partial charge in [-0.05, 0) is 49.6 Å². The van der Waals surface area contributed by atoms with Gasteiger partial charge in [0.25, 0.3) is 0 Å². The molecule has 0 aliphatic carbocycles. The molecule has 0 saturated carbocycles. The molecule has 0 spiro atoms. The second-order valence-electron chi connectivity index (χ2n) is 6.10. The van der Waals surface area contributed by atoms with Crippen molar-refractivity contribution in [3.8, 4) is 0 Å². The van der Waals surface area contributed by atoms with Gasteiger partial charge < -0.3 is 5.11 Å². The Morgan fingerprint density at radius 1 is 1.36 bits per heavy atom. The van der Waals surface area contributed by atoms with E-state index in [1.54, 1.807) is 12.1 Å². The van der Waals surface area contributed by atoms with E-state index in [2.05, 4.69) is 10.00 Å². The van der Waals surface area contributed by atoms with Crippen LogP contribution in [0.3, 0.4) is 0 Å². The third-order valence-electron chi connectivity index (χ3n) is 4.32. The molecule has 2 atom stereocenters. The van der Waals surface area contributed by atoms with E-state index < -0.39 is 6.10 Å². The van der Waals surface area contributed by atoms with Crippen molar-refractivity contribution < 1.29 is 9.50 Å². The van der Waals surface area contributed by atoms with Crippen LogP contribution in [0.4, 0.5) is 4.39 Å². The highest BCUT2D eigenvalue weighted by Crippen LogP contribution is 2.23. The molecule has 2 aromatic rings. The van der Waals surface area contributed by atoms with Crippen LogP contribution in [-0.2, 0) is 6.54 Å². The number of aryl methyl sites for hydroxylation is 1. The molecular formula is C17H22FN3O. The van der Waals surface area contributed by atoms with E-state index in [1.165, 1.54) is 12.1 Å². The summed E-state index contributed by atoms with van der Waals surface area (Å²) in [5, 5.41) is 14.7. The fourth-order valence-electron chi connectivity index (χ4n) is 3.14. The van der Waals surface area contributed by atoms with Crippen molar-refractivity contribution in [1.82, 2.24) is 14.7 Å². The van der Waals surface area contributed by atoms with E-state index in [9.17, 15) is 9.50 Å². The number of rotatable bonds is 5. The van der Waals surface area contributed by atoms with Gasteiger partial charge in [-0.3, -0.25) is 9.58 Å². The Kier molecular flexibility index (Phi) is 4.55. The molecule has 4 nitrogen and oxygen atoms in total. The highest BCUT2D eigenvalue weighted by atomic mass is 19.1. The number of halogens is 1. The summed E-state index contributed by atoms with van der Waals surface area (Å²) in [6.07, 6.45) is 5.59. The number of aliphatic hydroxyl groups excluding tert-OH is 1. The summed E-state index contributed by atoms with van der Waals surface area (Å²) in [5.74, 6) is -0.274. The van der Waals surface area contributed by atoms with Gasteiger partial charge >= 0.3 is 0 Å². The van der Waals surface area contributed by atoms with Gasteiger partial charge in [-0.15, -0.1) is 0 Å². The molecule has 0 radical (unpaired) electrons. The van der Waals surface area contributed by atoms with Crippen LogP contribution in [0.15, 0.2) is 36.7 Å². The van der Waals surface area contributed by atoms with Crippen molar-refractivity contribution in [2.45, 2.75) is 38.5 Å². The second kappa shape index (κ2) is 6.58. The van der Waals surface area contributed by atoms with Crippen LogP contribution in [0.2, 0.25) is 0 Å². The summed E-state index contributed by atoms with van der Waals surface area (Å²) in [7, 11) is 0. The van der Waals surface area contributed by atoms with Crippen LogP contribution in [0, 0.1) is 12.7 Å². The summed E-state index contributed by atoms with van der Waals surface area (Å²) in [6.45, 7) is 4.46. The Morgan fingerprint density at radius 2 is 2.14 bits per heavy atom. The average Bonchev–Trinajstić information content (AvgIpc) is 3.10. The van der Waals surface area contributed by atoms with Gasteiger partial charge in [-0.1, -0.05) is 12.1 Å². The number of aromatic nitrogens is 2. The molecule has 0 bridgehead atoms. The molecular weight excluding hydrogens is 281 g/mol. The first-order valence-electron chi connectivity index (χ1n) is 7.78. The monoisotopic (exact) mass is 303 g/mol. The number of benzene rings is 1. The highest BCUT2D eigenvalue weighted by molar-refractivity contribution is 5.18. The predicted molar refractivity (Wildman–Crippen MR) is 82.9 cm³/mol. The zero-order valence-electron chi connectivity index (χ0n) is 12.8. The Labute approximate surface area is 130 Å². The molecule has 1 fully saturated rings. The maximum atomic E-state index is 13.0. The average molecular weight is 303 g/mol. The van der Waals surface area contributed by atoms with E-state index in [0.717, 1.165) is 37.1 Å². The summed E-state index contributed by atoms with van der Waals surface area (Å²) < 4.78 is 14.9. The van der Waals surface area contributed by atoms with Crippen molar-refractivity contribution in [2.75, 3.05) is 13.1 Å². The normalized spacial score (nSPS) is 20.4. The van der Waals surface area contributed by atoms with E-state index in [0.29, 0.717) is 12.6 Å². The third-order valence-corrected chi connectivity index (χ3v) is 4.32. The van der Waals surface area contributed by atoms with Crippen molar-refractivity contribution in [3.05, 3.63) is 53.6 Å². The highest BCUT2D eigenvalue weighted by Gasteiger charge is 2.27. The largest absolute Gasteiger partial charge is 0.387 e. The lowest BCUT2D eigenvalue weighted by Gasteiger charge is -2.27. The summed E-state index contributed by atoms with van der Waals surface area (Å²) >= 11 is 0. The lowest BCUT2D eigenvalue weighted by Crippen LogP contribution is -2.36. The molecule has 118 valence electrons. The molecule has 0 amide bonds. The van der Waals surface area contributed by atoms with Gasteiger partial charge in [0.05, 0.1) is 18.8 Å². The van der Waals surface area contributed by atoms with Crippen LogP contribution in [0.5, 0.6) is 0 Å². The van der Waals surface area contributed by atoms with Crippen molar-refractivity contribution >= 4 is 0 Å². The van der Waals surface area contributed by atoms with Crippen molar-refractivity contribution in [2.24, 2.45) is 0 Å². The molecule has 2 unspecified atom stereocenters.